The number of primary amides is 1. The molecule has 16 heavy (non-hydrogen) atoms. The third kappa shape index (κ3) is 3.95. The van der Waals surface area contributed by atoms with E-state index in [-0.39, 0.29) is 23.6 Å². The summed E-state index contributed by atoms with van der Waals surface area (Å²) >= 11 is 1.03. The number of hydrogen-bond acceptors (Lipinski definition) is 5. The number of rotatable bonds is 5. The molecule has 6 nitrogen and oxygen atoms in total. The Morgan fingerprint density at radius 3 is 2.81 bits per heavy atom. The summed E-state index contributed by atoms with van der Waals surface area (Å²) in [6.07, 6.45) is 1.38. The standard InChI is InChI=1S/C9H13N3O3S/c1-5(2)15-4-6(13)12-7-3-11-9(16-7)8(10)14/h3,5H,4H2,1-2H3,(H2,10,14)(H,12,13). The first-order chi connectivity index (χ1) is 7.49. The number of thiazole rings is 1. The van der Waals surface area contributed by atoms with E-state index in [0.29, 0.717) is 5.00 Å². The summed E-state index contributed by atoms with van der Waals surface area (Å²) in [6, 6.07) is 0. The monoisotopic (exact) mass is 243 g/mol. The summed E-state index contributed by atoms with van der Waals surface area (Å²) in [5.74, 6) is -0.891. The number of amides is 2. The average Bonchev–Trinajstić information content (AvgIpc) is 2.63. The molecule has 0 aromatic carbocycles. The molecule has 1 aromatic rings. The largest absolute Gasteiger partial charge is 0.369 e. The third-order valence-electron chi connectivity index (χ3n) is 1.53. The van der Waals surface area contributed by atoms with Gasteiger partial charge in [-0.3, -0.25) is 9.59 Å². The van der Waals surface area contributed by atoms with Gasteiger partial charge in [0.25, 0.3) is 11.8 Å². The molecule has 0 saturated carbocycles. The molecule has 2 amide bonds. The van der Waals surface area contributed by atoms with Crippen molar-refractivity contribution in [2.75, 3.05) is 11.9 Å². The Bertz CT molecular complexity index is 389. The Kier molecular flexibility index (Phi) is 4.39. The zero-order valence-corrected chi connectivity index (χ0v) is 9.84. The smallest absolute Gasteiger partial charge is 0.277 e. The first-order valence-electron chi connectivity index (χ1n) is 4.66. The van der Waals surface area contributed by atoms with E-state index < -0.39 is 5.91 Å². The van der Waals surface area contributed by atoms with E-state index >= 15 is 0 Å². The predicted octanol–water partition coefficient (Wildman–Crippen LogP) is 0.606. The van der Waals surface area contributed by atoms with Gasteiger partial charge < -0.3 is 15.8 Å². The molecule has 0 unspecified atom stereocenters. The topological polar surface area (TPSA) is 94.3 Å². The minimum absolute atomic E-state index is 0.00612. The van der Waals surface area contributed by atoms with Gasteiger partial charge in [-0.05, 0) is 13.8 Å². The minimum Gasteiger partial charge on any atom is -0.369 e. The maximum Gasteiger partial charge on any atom is 0.277 e. The highest BCUT2D eigenvalue weighted by atomic mass is 32.1. The van der Waals surface area contributed by atoms with Crippen molar-refractivity contribution in [3.63, 3.8) is 0 Å². The second kappa shape index (κ2) is 5.57. The van der Waals surface area contributed by atoms with Gasteiger partial charge in [0.2, 0.25) is 0 Å². The molecule has 7 heteroatoms. The summed E-state index contributed by atoms with van der Waals surface area (Å²) in [7, 11) is 0. The molecule has 0 aliphatic rings. The van der Waals surface area contributed by atoms with Gasteiger partial charge in [0.1, 0.15) is 11.6 Å². The molecular formula is C9H13N3O3S. The van der Waals surface area contributed by atoms with E-state index in [2.05, 4.69) is 10.3 Å². The summed E-state index contributed by atoms with van der Waals surface area (Å²) in [4.78, 5) is 25.8. The van der Waals surface area contributed by atoms with Crippen LogP contribution in [0, 0.1) is 0 Å². The number of aromatic nitrogens is 1. The van der Waals surface area contributed by atoms with E-state index in [1.807, 2.05) is 13.8 Å². The molecule has 0 atom stereocenters. The first kappa shape index (κ1) is 12.6. The number of anilines is 1. The molecule has 1 heterocycles. The van der Waals surface area contributed by atoms with Crippen LogP contribution in [0.25, 0.3) is 0 Å². The van der Waals surface area contributed by atoms with Crippen LogP contribution < -0.4 is 11.1 Å². The van der Waals surface area contributed by atoms with Gasteiger partial charge in [-0.1, -0.05) is 11.3 Å². The highest BCUT2D eigenvalue weighted by Crippen LogP contribution is 2.17. The van der Waals surface area contributed by atoms with E-state index in [1.54, 1.807) is 0 Å². The van der Waals surface area contributed by atoms with Crippen LogP contribution in [0.2, 0.25) is 0 Å². The third-order valence-corrected chi connectivity index (χ3v) is 2.45. The Morgan fingerprint density at radius 1 is 1.62 bits per heavy atom. The lowest BCUT2D eigenvalue weighted by atomic mass is 10.5. The zero-order valence-electron chi connectivity index (χ0n) is 9.02. The number of hydrogen-bond donors (Lipinski definition) is 2. The number of nitrogens with zero attached hydrogens (tertiary/aromatic N) is 1. The van der Waals surface area contributed by atoms with Crippen LogP contribution in [-0.4, -0.2) is 29.5 Å². The van der Waals surface area contributed by atoms with Crippen molar-refractivity contribution in [1.82, 2.24) is 4.98 Å². The average molecular weight is 243 g/mol. The van der Waals surface area contributed by atoms with Crippen molar-refractivity contribution in [3.05, 3.63) is 11.2 Å². The van der Waals surface area contributed by atoms with Crippen molar-refractivity contribution in [2.45, 2.75) is 20.0 Å². The van der Waals surface area contributed by atoms with Gasteiger partial charge in [-0.15, -0.1) is 0 Å². The zero-order chi connectivity index (χ0) is 12.1. The highest BCUT2D eigenvalue weighted by Gasteiger charge is 2.09. The summed E-state index contributed by atoms with van der Waals surface area (Å²) < 4.78 is 5.11. The highest BCUT2D eigenvalue weighted by molar-refractivity contribution is 7.17. The lowest BCUT2D eigenvalue weighted by Crippen LogP contribution is -2.20. The SMILES string of the molecule is CC(C)OCC(=O)Nc1cnc(C(N)=O)s1. The fourth-order valence-corrected chi connectivity index (χ4v) is 1.55. The molecule has 1 aromatic heterocycles. The van der Waals surface area contributed by atoms with E-state index in [1.165, 1.54) is 6.20 Å². The second-order valence-corrected chi connectivity index (χ2v) is 4.33. The van der Waals surface area contributed by atoms with Crippen LogP contribution in [0.4, 0.5) is 5.00 Å². The summed E-state index contributed by atoms with van der Waals surface area (Å²) in [6.45, 7) is 3.65. The maximum absolute atomic E-state index is 11.3. The summed E-state index contributed by atoms with van der Waals surface area (Å²) in [5.41, 5.74) is 5.03. The molecule has 0 radical (unpaired) electrons. The fraction of sp³-hybridized carbons (Fsp3) is 0.444. The van der Waals surface area contributed by atoms with Crippen molar-refractivity contribution in [1.29, 1.82) is 0 Å². The normalized spacial score (nSPS) is 10.4. The van der Waals surface area contributed by atoms with Gasteiger partial charge in [-0.25, -0.2) is 4.98 Å². The van der Waals surface area contributed by atoms with Crippen LogP contribution >= 0.6 is 11.3 Å². The molecule has 0 aliphatic heterocycles. The van der Waals surface area contributed by atoms with Crippen molar-refractivity contribution >= 4 is 28.2 Å². The van der Waals surface area contributed by atoms with Crippen LogP contribution in [-0.2, 0) is 9.53 Å². The van der Waals surface area contributed by atoms with Crippen molar-refractivity contribution in [2.24, 2.45) is 5.73 Å². The van der Waals surface area contributed by atoms with Crippen molar-refractivity contribution in [3.8, 4) is 0 Å². The molecule has 0 fully saturated rings. The lowest BCUT2D eigenvalue weighted by molar-refractivity contribution is -0.121. The Morgan fingerprint density at radius 2 is 2.31 bits per heavy atom. The van der Waals surface area contributed by atoms with E-state index in [0.717, 1.165) is 11.3 Å². The van der Waals surface area contributed by atoms with Gasteiger partial charge in [-0.2, -0.15) is 0 Å². The van der Waals surface area contributed by atoms with Crippen LogP contribution in [0.15, 0.2) is 6.20 Å². The maximum atomic E-state index is 11.3. The van der Waals surface area contributed by atoms with E-state index in [4.69, 9.17) is 10.5 Å². The number of carbonyl (C=O) groups is 2. The van der Waals surface area contributed by atoms with Gasteiger partial charge in [0.05, 0.1) is 12.3 Å². The van der Waals surface area contributed by atoms with Gasteiger partial charge in [0.15, 0.2) is 5.01 Å². The lowest BCUT2D eigenvalue weighted by Gasteiger charge is -2.06. The molecule has 0 spiro atoms. The van der Waals surface area contributed by atoms with Crippen LogP contribution in [0.5, 0.6) is 0 Å². The number of nitrogens with one attached hydrogen (secondary N) is 1. The number of nitrogens with two attached hydrogens (primary N) is 1. The number of carbonyl (C=O) groups excluding carboxylic acids is 2. The fourth-order valence-electron chi connectivity index (χ4n) is 0.862. The number of ether oxygens (including phenoxy) is 1. The predicted molar refractivity (Wildman–Crippen MR) is 60.3 cm³/mol. The first-order valence-corrected chi connectivity index (χ1v) is 5.47. The van der Waals surface area contributed by atoms with Gasteiger partial charge >= 0.3 is 0 Å². The Labute approximate surface area is 96.8 Å². The molecule has 0 bridgehead atoms. The molecule has 0 saturated heterocycles. The Balaban J connectivity index is 2.46. The molecule has 3 N–H and O–H groups in total. The molecule has 1 rings (SSSR count). The van der Waals surface area contributed by atoms with Crippen LogP contribution in [0.1, 0.15) is 23.6 Å². The quantitative estimate of drug-likeness (QED) is 0.792. The minimum atomic E-state index is -0.607. The summed E-state index contributed by atoms with van der Waals surface area (Å²) in [5, 5.41) is 3.20. The Hall–Kier alpha value is -1.47. The van der Waals surface area contributed by atoms with E-state index in [9.17, 15) is 9.59 Å². The van der Waals surface area contributed by atoms with Gasteiger partial charge in [0, 0.05) is 0 Å². The molecule has 88 valence electrons. The molecule has 0 aliphatic carbocycles. The van der Waals surface area contributed by atoms with Crippen LogP contribution in [0.3, 0.4) is 0 Å². The molecular weight excluding hydrogens is 230 g/mol. The van der Waals surface area contributed by atoms with Crippen molar-refractivity contribution < 1.29 is 14.3 Å². The second-order valence-electron chi connectivity index (χ2n) is 3.30.